The highest BCUT2D eigenvalue weighted by Gasteiger charge is 2.14. The van der Waals surface area contributed by atoms with E-state index in [-0.39, 0.29) is 0 Å². The fourth-order valence-electron chi connectivity index (χ4n) is 3.97. The lowest BCUT2D eigenvalue weighted by Gasteiger charge is -2.14. The first-order valence-electron chi connectivity index (χ1n) is 10.9. The molecule has 6 heteroatoms. The number of benzene rings is 2. The third-order valence-electron chi connectivity index (χ3n) is 5.58. The first kappa shape index (κ1) is 19.3. The van der Waals surface area contributed by atoms with E-state index in [0.717, 1.165) is 41.2 Å². The molecule has 0 saturated carbocycles. The van der Waals surface area contributed by atoms with E-state index in [2.05, 4.69) is 21.8 Å². The van der Waals surface area contributed by atoms with Crippen LogP contribution >= 0.6 is 0 Å². The number of rotatable bonds is 7. The van der Waals surface area contributed by atoms with E-state index >= 15 is 0 Å². The quantitative estimate of drug-likeness (QED) is 0.373. The molecule has 0 unspecified atom stereocenters. The van der Waals surface area contributed by atoms with Crippen LogP contribution in [-0.2, 0) is 0 Å². The Labute approximate surface area is 182 Å². The highest BCUT2D eigenvalue weighted by Crippen LogP contribution is 2.27. The van der Waals surface area contributed by atoms with E-state index in [1.807, 2.05) is 71.5 Å². The minimum absolute atomic E-state index is 0.611. The largest absolute Gasteiger partial charge is 0.354 e. The van der Waals surface area contributed by atoms with Crippen molar-refractivity contribution in [1.82, 2.24) is 19.7 Å². The van der Waals surface area contributed by atoms with Gasteiger partial charge in [0.2, 0.25) is 5.95 Å². The van der Waals surface area contributed by atoms with Gasteiger partial charge in [0.15, 0.2) is 5.65 Å². The van der Waals surface area contributed by atoms with Crippen LogP contribution < -0.4 is 10.6 Å². The SMILES string of the molecule is C1=C(CCNc2nc(Nc3ccccc3)c3cnn(-c4ccccc4)c3n2)CCCC1. The maximum Gasteiger partial charge on any atom is 0.226 e. The summed E-state index contributed by atoms with van der Waals surface area (Å²) >= 11 is 0. The highest BCUT2D eigenvalue weighted by molar-refractivity contribution is 5.90. The Balaban J connectivity index is 1.47. The molecule has 0 radical (unpaired) electrons. The van der Waals surface area contributed by atoms with Crippen LogP contribution in [0.4, 0.5) is 17.5 Å². The van der Waals surface area contributed by atoms with Gasteiger partial charge >= 0.3 is 0 Å². The van der Waals surface area contributed by atoms with Gasteiger partial charge in [-0.3, -0.25) is 0 Å². The van der Waals surface area contributed by atoms with Crippen LogP contribution in [0.3, 0.4) is 0 Å². The third kappa shape index (κ3) is 4.43. The fourth-order valence-corrected chi connectivity index (χ4v) is 3.97. The maximum atomic E-state index is 4.82. The van der Waals surface area contributed by atoms with Gasteiger partial charge in [0, 0.05) is 12.2 Å². The number of aromatic nitrogens is 4. The molecule has 6 nitrogen and oxygen atoms in total. The molecule has 2 aromatic heterocycles. The molecule has 1 aliphatic carbocycles. The van der Waals surface area contributed by atoms with E-state index in [1.54, 1.807) is 0 Å². The zero-order valence-electron chi connectivity index (χ0n) is 17.5. The summed E-state index contributed by atoms with van der Waals surface area (Å²) in [7, 11) is 0. The van der Waals surface area contributed by atoms with Crippen LogP contribution in [0.15, 0.2) is 78.5 Å². The molecule has 2 aromatic carbocycles. The van der Waals surface area contributed by atoms with Gasteiger partial charge in [-0.15, -0.1) is 0 Å². The lowest BCUT2D eigenvalue weighted by molar-refractivity contribution is 0.679. The summed E-state index contributed by atoms with van der Waals surface area (Å²) in [6, 6.07) is 20.1. The summed E-state index contributed by atoms with van der Waals surface area (Å²) in [6.07, 6.45) is 10.3. The van der Waals surface area contributed by atoms with Crippen LogP contribution in [0.25, 0.3) is 16.7 Å². The Kier molecular flexibility index (Phi) is 5.60. The molecular weight excluding hydrogens is 384 g/mol. The number of para-hydroxylation sites is 2. The average Bonchev–Trinajstić information content (AvgIpc) is 3.25. The molecule has 31 heavy (non-hydrogen) atoms. The Morgan fingerprint density at radius 2 is 1.71 bits per heavy atom. The normalized spacial score (nSPS) is 13.7. The topological polar surface area (TPSA) is 67.7 Å². The van der Waals surface area contributed by atoms with Crippen molar-refractivity contribution in [2.45, 2.75) is 32.1 Å². The Morgan fingerprint density at radius 3 is 2.48 bits per heavy atom. The first-order chi connectivity index (χ1) is 15.4. The molecule has 0 aliphatic heterocycles. The van der Waals surface area contributed by atoms with Crippen molar-refractivity contribution in [3.63, 3.8) is 0 Å². The number of fused-ring (bicyclic) bond motifs is 1. The average molecular weight is 411 g/mol. The van der Waals surface area contributed by atoms with Gasteiger partial charge in [-0.25, -0.2) is 4.68 Å². The monoisotopic (exact) mass is 410 g/mol. The first-order valence-corrected chi connectivity index (χ1v) is 10.9. The molecule has 4 aromatic rings. The van der Waals surface area contributed by atoms with Crippen molar-refractivity contribution < 1.29 is 0 Å². The van der Waals surface area contributed by atoms with Crippen LogP contribution in [0.2, 0.25) is 0 Å². The second-order valence-corrected chi connectivity index (χ2v) is 7.80. The van der Waals surface area contributed by atoms with Gasteiger partial charge in [0.05, 0.1) is 17.3 Å². The predicted octanol–water partition coefficient (Wildman–Crippen LogP) is 5.86. The lowest BCUT2D eigenvalue weighted by atomic mass is 9.97. The number of allylic oxidation sites excluding steroid dienone is 1. The minimum atomic E-state index is 0.611. The molecule has 2 N–H and O–H groups in total. The standard InChI is InChI=1S/C25H26N6/c1-4-10-19(11-5-1)16-17-26-25-29-23(28-20-12-6-2-7-13-20)22-18-27-31(24(22)30-25)21-14-8-3-9-15-21/h2-3,6-10,12-15,18H,1,4-5,11,16-17H2,(H2,26,28,29,30). The Bertz CT molecular complexity index is 1180. The van der Waals surface area contributed by atoms with E-state index in [0.29, 0.717) is 5.95 Å². The molecule has 0 fully saturated rings. The van der Waals surface area contributed by atoms with Gasteiger partial charge < -0.3 is 10.6 Å². The maximum absolute atomic E-state index is 4.82. The molecule has 0 amide bonds. The molecule has 0 atom stereocenters. The van der Waals surface area contributed by atoms with E-state index in [9.17, 15) is 0 Å². The number of hydrogen-bond acceptors (Lipinski definition) is 5. The smallest absolute Gasteiger partial charge is 0.226 e. The van der Waals surface area contributed by atoms with E-state index < -0.39 is 0 Å². The van der Waals surface area contributed by atoms with Crippen molar-refractivity contribution >= 4 is 28.5 Å². The summed E-state index contributed by atoms with van der Waals surface area (Å²) in [5.41, 5.74) is 4.27. The number of nitrogens with one attached hydrogen (secondary N) is 2. The van der Waals surface area contributed by atoms with Gasteiger partial charge in [-0.1, -0.05) is 48.0 Å². The zero-order valence-corrected chi connectivity index (χ0v) is 17.5. The summed E-state index contributed by atoms with van der Waals surface area (Å²) in [5, 5.41) is 12.4. The van der Waals surface area contributed by atoms with Crippen LogP contribution in [0, 0.1) is 0 Å². The van der Waals surface area contributed by atoms with Crippen molar-refractivity contribution in [2.24, 2.45) is 0 Å². The van der Waals surface area contributed by atoms with Crippen molar-refractivity contribution in [1.29, 1.82) is 0 Å². The van der Waals surface area contributed by atoms with E-state index in [4.69, 9.17) is 9.97 Å². The number of hydrogen-bond donors (Lipinski definition) is 2. The summed E-state index contributed by atoms with van der Waals surface area (Å²) in [4.78, 5) is 9.59. The van der Waals surface area contributed by atoms with Gasteiger partial charge in [-0.05, 0) is 56.4 Å². The van der Waals surface area contributed by atoms with Crippen LogP contribution in [0.1, 0.15) is 32.1 Å². The molecule has 0 bridgehead atoms. The molecular formula is C25H26N6. The summed E-state index contributed by atoms with van der Waals surface area (Å²) in [6.45, 7) is 0.821. The Hall–Kier alpha value is -3.67. The van der Waals surface area contributed by atoms with Crippen LogP contribution in [0.5, 0.6) is 0 Å². The van der Waals surface area contributed by atoms with E-state index in [1.165, 1.54) is 31.3 Å². The van der Waals surface area contributed by atoms with Crippen LogP contribution in [-0.4, -0.2) is 26.3 Å². The van der Waals surface area contributed by atoms with Gasteiger partial charge in [-0.2, -0.15) is 15.1 Å². The van der Waals surface area contributed by atoms with Crippen molar-refractivity contribution in [3.8, 4) is 5.69 Å². The molecule has 0 saturated heterocycles. The predicted molar refractivity (Wildman–Crippen MR) is 126 cm³/mol. The van der Waals surface area contributed by atoms with Crippen molar-refractivity contribution in [3.05, 3.63) is 78.5 Å². The Morgan fingerprint density at radius 1 is 0.903 bits per heavy atom. The number of nitrogens with zero attached hydrogens (tertiary/aromatic N) is 4. The lowest BCUT2D eigenvalue weighted by Crippen LogP contribution is -2.09. The number of anilines is 3. The molecule has 0 spiro atoms. The fraction of sp³-hybridized carbons (Fsp3) is 0.240. The zero-order chi connectivity index (χ0) is 20.9. The van der Waals surface area contributed by atoms with Crippen molar-refractivity contribution in [2.75, 3.05) is 17.2 Å². The molecule has 156 valence electrons. The molecule has 5 rings (SSSR count). The minimum Gasteiger partial charge on any atom is -0.354 e. The molecule has 2 heterocycles. The highest BCUT2D eigenvalue weighted by atomic mass is 15.3. The van der Waals surface area contributed by atoms with Gasteiger partial charge in [0.1, 0.15) is 5.82 Å². The second-order valence-electron chi connectivity index (χ2n) is 7.80. The summed E-state index contributed by atoms with van der Waals surface area (Å²) in [5.74, 6) is 1.36. The third-order valence-corrected chi connectivity index (χ3v) is 5.58. The summed E-state index contributed by atoms with van der Waals surface area (Å²) < 4.78 is 1.86. The van der Waals surface area contributed by atoms with Gasteiger partial charge in [0.25, 0.3) is 0 Å². The molecule has 1 aliphatic rings. The second kappa shape index (κ2) is 9.00.